The molecule has 0 aromatic carbocycles. The predicted molar refractivity (Wildman–Crippen MR) is 66.2 cm³/mol. The molecular weight excluding hydrogens is 220 g/mol. The van der Waals surface area contributed by atoms with Gasteiger partial charge in [-0.05, 0) is 26.7 Å². The number of carboxylic acid groups (broad SMARTS) is 1. The summed E-state index contributed by atoms with van der Waals surface area (Å²) in [7, 11) is 1.62. The van der Waals surface area contributed by atoms with E-state index in [0.717, 1.165) is 13.1 Å². The zero-order valence-electron chi connectivity index (χ0n) is 11.0. The number of rotatable bonds is 6. The summed E-state index contributed by atoms with van der Waals surface area (Å²) >= 11 is 0. The van der Waals surface area contributed by atoms with Crippen LogP contribution in [0.2, 0.25) is 0 Å². The van der Waals surface area contributed by atoms with Crippen molar-refractivity contribution in [2.75, 3.05) is 33.4 Å². The van der Waals surface area contributed by atoms with E-state index in [-0.39, 0.29) is 0 Å². The van der Waals surface area contributed by atoms with Gasteiger partial charge >= 0.3 is 5.97 Å². The standard InChI is InChI=1S/C12H24N2O3/c1-10(2)14-7-4-12(5-8-14,11(15)16)13-6-9-17-3/h10,13H,4-9H2,1-3H3,(H,15,16). The average Bonchev–Trinajstić information content (AvgIpc) is 2.29. The minimum absolute atomic E-state index is 0.487. The molecule has 0 amide bonds. The molecule has 5 heteroatoms. The largest absolute Gasteiger partial charge is 0.480 e. The van der Waals surface area contributed by atoms with Crippen molar-refractivity contribution in [3.8, 4) is 0 Å². The van der Waals surface area contributed by atoms with Crippen LogP contribution in [0.4, 0.5) is 0 Å². The highest BCUT2D eigenvalue weighted by Crippen LogP contribution is 2.23. The lowest BCUT2D eigenvalue weighted by molar-refractivity contribution is -0.147. The molecule has 0 aliphatic carbocycles. The highest BCUT2D eigenvalue weighted by atomic mass is 16.5. The summed E-state index contributed by atoms with van der Waals surface area (Å²) in [4.78, 5) is 13.7. The summed E-state index contributed by atoms with van der Waals surface area (Å²) in [5, 5.41) is 12.5. The van der Waals surface area contributed by atoms with E-state index in [9.17, 15) is 9.90 Å². The average molecular weight is 244 g/mol. The van der Waals surface area contributed by atoms with E-state index in [1.807, 2.05) is 0 Å². The Morgan fingerprint density at radius 1 is 1.47 bits per heavy atom. The Hall–Kier alpha value is -0.650. The SMILES string of the molecule is COCCNC1(C(=O)O)CCN(C(C)C)CC1. The third-order valence-corrected chi connectivity index (χ3v) is 3.56. The molecule has 1 aliphatic heterocycles. The summed E-state index contributed by atoms with van der Waals surface area (Å²) in [6, 6.07) is 0.487. The lowest BCUT2D eigenvalue weighted by Gasteiger charge is -2.41. The van der Waals surface area contributed by atoms with Crippen LogP contribution in [0.1, 0.15) is 26.7 Å². The molecule has 0 spiro atoms. The van der Waals surface area contributed by atoms with Crippen LogP contribution in [0.3, 0.4) is 0 Å². The third-order valence-electron chi connectivity index (χ3n) is 3.56. The monoisotopic (exact) mass is 244 g/mol. The summed E-state index contributed by atoms with van der Waals surface area (Å²) in [6.45, 7) is 7.10. The van der Waals surface area contributed by atoms with Gasteiger partial charge in [-0.3, -0.25) is 10.1 Å². The molecule has 1 heterocycles. The maximum absolute atomic E-state index is 11.4. The van der Waals surface area contributed by atoms with E-state index in [0.29, 0.717) is 32.0 Å². The Labute approximate surface area is 103 Å². The fraction of sp³-hybridized carbons (Fsp3) is 0.917. The maximum atomic E-state index is 11.4. The first-order chi connectivity index (χ1) is 8.02. The first-order valence-corrected chi connectivity index (χ1v) is 6.23. The lowest BCUT2D eigenvalue weighted by Crippen LogP contribution is -2.59. The summed E-state index contributed by atoms with van der Waals surface area (Å²) in [5.41, 5.74) is -0.760. The highest BCUT2D eigenvalue weighted by Gasteiger charge is 2.41. The quantitative estimate of drug-likeness (QED) is 0.668. The van der Waals surface area contributed by atoms with Crippen LogP contribution in [0, 0.1) is 0 Å². The second-order valence-corrected chi connectivity index (χ2v) is 4.94. The number of piperidine rings is 1. The van der Waals surface area contributed by atoms with Crippen molar-refractivity contribution in [1.29, 1.82) is 0 Å². The van der Waals surface area contributed by atoms with Crippen molar-refractivity contribution < 1.29 is 14.6 Å². The zero-order valence-corrected chi connectivity index (χ0v) is 11.0. The molecule has 17 heavy (non-hydrogen) atoms. The minimum Gasteiger partial charge on any atom is -0.480 e. The Balaban J connectivity index is 2.54. The first kappa shape index (κ1) is 14.4. The second kappa shape index (κ2) is 6.33. The van der Waals surface area contributed by atoms with E-state index in [2.05, 4.69) is 24.1 Å². The van der Waals surface area contributed by atoms with E-state index in [1.54, 1.807) is 7.11 Å². The van der Waals surface area contributed by atoms with Crippen molar-refractivity contribution in [3.63, 3.8) is 0 Å². The molecule has 1 rings (SSSR count). The van der Waals surface area contributed by atoms with Gasteiger partial charge in [0, 0.05) is 32.8 Å². The van der Waals surface area contributed by atoms with Gasteiger partial charge in [0.1, 0.15) is 5.54 Å². The van der Waals surface area contributed by atoms with Crippen molar-refractivity contribution in [3.05, 3.63) is 0 Å². The summed E-state index contributed by atoms with van der Waals surface area (Å²) < 4.78 is 4.95. The predicted octanol–water partition coefficient (Wildman–Crippen LogP) is 0.550. The number of aliphatic carboxylic acids is 1. The Morgan fingerprint density at radius 3 is 2.47 bits per heavy atom. The topological polar surface area (TPSA) is 61.8 Å². The van der Waals surface area contributed by atoms with Crippen molar-refractivity contribution in [1.82, 2.24) is 10.2 Å². The van der Waals surface area contributed by atoms with E-state index in [1.165, 1.54) is 0 Å². The molecular formula is C12H24N2O3. The molecule has 0 unspecified atom stereocenters. The van der Waals surface area contributed by atoms with Crippen LogP contribution >= 0.6 is 0 Å². The second-order valence-electron chi connectivity index (χ2n) is 4.94. The zero-order chi connectivity index (χ0) is 12.9. The number of hydrogen-bond donors (Lipinski definition) is 2. The van der Waals surface area contributed by atoms with Gasteiger partial charge in [-0.2, -0.15) is 0 Å². The van der Waals surface area contributed by atoms with Gasteiger partial charge in [0.15, 0.2) is 0 Å². The normalized spacial score (nSPS) is 20.7. The molecule has 1 saturated heterocycles. The number of likely N-dealkylation sites (tertiary alicyclic amines) is 1. The molecule has 2 N–H and O–H groups in total. The number of ether oxygens (including phenoxy) is 1. The molecule has 1 aliphatic rings. The molecule has 5 nitrogen and oxygen atoms in total. The molecule has 0 saturated carbocycles. The van der Waals surface area contributed by atoms with E-state index in [4.69, 9.17) is 4.74 Å². The maximum Gasteiger partial charge on any atom is 0.323 e. The first-order valence-electron chi connectivity index (χ1n) is 6.23. The van der Waals surface area contributed by atoms with Gasteiger partial charge in [0.2, 0.25) is 0 Å². The molecule has 0 aromatic rings. The fourth-order valence-electron chi connectivity index (χ4n) is 2.28. The minimum atomic E-state index is -0.760. The fourth-order valence-corrected chi connectivity index (χ4v) is 2.28. The summed E-state index contributed by atoms with van der Waals surface area (Å²) in [6.07, 6.45) is 1.31. The number of nitrogens with zero attached hydrogens (tertiary/aromatic N) is 1. The number of methoxy groups -OCH3 is 1. The van der Waals surface area contributed by atoms with Gasteiger partial charge in [0.05, 0.1) is 6.61 Å². The molecule has 0 radical (unpaired) electrons. The van der Waals surface area contributed by atoms with Crippen LogP contribution in [0.15, 0.2) is 0 Å². The third kappa shape index (κ3) is 3.66. The van der Waals surface area contributed by atoms with Crippen molar-refractivity contribution in [2.24, 2.45) is 0 Å². The summed E-state index contributed by atoms with van der Waals surface area (Å²) in [5.74, 6) is -0.739. The van der Waals surface area contributed by atoms with Gasteiger partial charge in [-0.25, -0.2) is 0 Å². The smallest absolute Gasteiger partial charge is 0.323 e. The highest BCUT2D eigenvalue weighted by molar-refractivity contribution is 5.79. The van der Waals surface area contributed by atoms with Crippen LogP contribution in [-0.4, -0.2) is 60.9 Å². The molecule has 1 fully saturated rings. The van der Waals surface area contributed by atoms with Crippen LogP contribution in [0.5, 0.6) is 0 Å². The number of nitrogens with one attached hydrogen (secondary N) is 1. The van der Waals surface area contributed by atoms with Crippen molar-refractivity contribution >= 4 is 5.97 Å². The van der Waals surface area contributed by atoms with Crippen LogP contribution in [-0.2, 0) is 9.53 Å². The number of hydrogen-bond acceptors (Lipinski definition) is 4. The Kier molecular flexibility index (Phi) is 5.36. The number of carboxylic acids is 1. The lowest BCUT2D eigenvalue weighted by atomic mass is 9.87. The van der Waals surface area contributed by atoms with Gasteiger partial charge in [0.25, 0.3) is 0 Å². The van der Waals surface area contributed by atoms with E-state index < -0.39 is 11.5 Å². The number of carbonyl (C=O) groups is 1. The Bertz CT molecular complexity index is 248. The molecule has 0 atom stereocenters. The molecule has 100 valence electrons. The van der Waals surface area contributed by atoms with Crippen LogP contribution in [0.25, 0.3) is 0 Å². The molecule has 0 bridgehead atoms. The van der Waals surface area contributed by atoms with Gasteiger partial charge in [-0.15, -0.1) is 0 Å². The van der Waals surface area contributed by atoms with Crippen molar-refractivity contribution in [2.45, 2.75) is 38.3 Å². The van der Waals surface area contributed by atoms with E-state index >= 15 is 0 Å². The Morgan fingerprint density at radius 2 is 2.06 bits per heavy atom. The van der Waals surface area contributed by atoms with Gasteiger partial charge < -0.3 is 14.7 Å². The molecule has 0 aromatic heterocycles. The van der Waals surface area contributed by atoms with Gasteiger partial charge in [-0.1, -0.05) is 0 Å². The van der Waals surface area contributed by atoms with Crippen LogP contribution < -0.4 is 5.32 Å².